The number of benzene rings is 1. The lowest BCUT2D eigenvalue weighted by Gasteiger charge is -2.06. The molecule has 1 heterocycles. The van der Waals surface area contributed by atoms with E-state index in [1.54, 1.807) is 23.1 Å². The lowest BCUT2D eigenvalue weighted by molar-refractivity contribution is -0.384. The maximum absolute atomic E-state index is 12.0. The van der Waals surface area contributed by atoms with E-state index in [1.165, 1.54) is 29.1 Å². The summed E-state index contributed by atoms with van der Waals surface area (Å²) in [6.07, 6.45) is 0. The van der Waals surface area contributed by atoms with Crippen molar-refractivity contribution in [2.75, 3.05) is 12.3 Å². The van der Waals surface area contributed by atoms with Crippen molar-refractivity contribution in [1.29, 1.82) is 0 Å². The summed E-state index contributed by atoms with van der Waals surface area (Å²) in [6, 6.07) is 8.86. The molecule has 0 aliphatic heterocycles. The van der Waals surface area contributed by atoms with Crippen molar-refractivity contribution in [3.05, 3.63) is 56.8 Å². The van der Waals surface area contributed by atoms with Crippen molar-refractivity contribution >= 4 is 38.8 Å². The summed E-state index contributed by atoms with van der Waals surface area (Å²) in [5.41, 5.74) is -0.134. The number of hydrogen-bond acceptors (Lipinski definition) is 6. The number of nitrogens with zero attached hydrogens (tertiary/aromatic N) is 1. The first-order valence-corrected chi connectivity index (χ1v) is 9.85. The molecule has 1 aromatic carbocycles. The van der Waals surface area contributed by atoms with E-state index in [4.69, 9.17) is 0 Å². The Bertz CT molecular complexity index is 712. The van der Waals surface area contributed by atoms with Crippen LogP contribution >= 0.6 is 23.1 Å². The summed E-state index contributed by atoms with van der Waals surface area (Å²) >= 11 is 3.32. The van der Waals surface area contributed by atoms with Crippen LogP contribution in [0.4, 0.5) is 5.69 Å². The van der Waals surface area contributed by atoms with Gasteiger partial charge in [0, 0.05) is 35.1 Å². The van der Waals surface area contributed by atoms with E-state index in [-0.39, 0.29) is 10.6 Å². The Morgan fingerprint density at radius 2 is 1.95 bits per heavy atom. The highest BCUT2D eigenvalue weighted by molar-refractivity contribution is 7.98. The van der Waals surface area contributed by atoms with Gasteiger partial charge in [0.25, 0.3) is 5.69 Å². The molecule has 6 nitrogen and oxygen atoms in total. The second-order valence-corrected chi connectivity index (χ2v) is 8.19. The van der Waals surface area contributed by atoms with Gasteiger partial charge >= 0.3 is 0 Å². The first-order chi connectivity index (χ1) is 10.5. The van der Waals surface area contributed by atoms with Crippen molar-refractivity contribution in [2.24, 2.45) is 0 Å². The van der Waals surface area contributed by atoms with Crippen LogP contribution in [0.15, 0.2) is 46.7 Å². The van der Waals surface area contributed by atoms with E-state index in [0.29, 0.717) is 12.3 Å². The Kier molecular flexibility index (Phi) is 5.95. The minimum atomic E-state index is -3.62. The molecule has 0 aliphatic carbocycles. The maximum Gasteiger partial charge on any atom is 0.269 e. The Morgan fingerprint density at radius 3 is 2.55 bits per heavy atom. The third-order valence-electron chi connectivity index (χ3n) is 2.72. The Balaban J connectivity index is 1.81. The number of nitro groups is 1. The molecule has 0 atom stereocenters. The van der Waals surface area contributed by atoms with Crippen LogP contribution < -0.4 is 4.72 Å². The van der Waals surface area contributed by atoms with Gasteiger partial charge in [-0.05, 0) is 23.6 Å². The highest BCUT2D eigenvalue weighted by Gasteiger charge is 2.15. The Hall–Kier alpha value is -1.42. The predicted octanol–water partition coefficient (Wildman–Crippen LogP) is 2.87. The largest absolute Gasteiger partial charge is 0.269 e. The molecule has 0 radical (unpaired) electrons. The first-order valence-electron chi connectivity index (χ1n) is 6.33. The molecule has 0 unspecified atom stereocenters. The zero-order chi connectivity index (χ0) is 16.0. The number of hydrogen-bond donors (Lipinski definition) is 1. The van der Waals surface area contributed by atoms with Crippen LogP contribution in [-0.4, -0.2) is 25.6 Å². The molecular formula is C13H14N2O4S3. The molecular weight excluding hydrogens is 344 g/mol. The minimum absolute atomic E-state index is 0.0290. The molecule has 0 aliphatic rings. The van der Waals surface area contributed by atoms with Crippen LogP contribution in [0.3, 0.4) is 0 Å². The summed E-state index contributed by atoms with van der Waals surface area (Å²) < 4.78 is 26.5. The molecule has 9 heteroatoms. The molecule has 2 rings (SSSR count). The van der Waals surface area contributed by atoms with Crippen molar-refractivity contribution < 1.29 is 13.3 Å². The Morgan fingerprint density at radius 1 is 1.23 bits per heavy atom. The summed E-state index contributed by atoms with van der Waals surface area (Å²) in [7, 11) is -3.62. The second kappa shape index (κ2) is 7.73. The molecule has 2 aromatic rings. The van der Waals surface area contributed by atoms with Gasteiger partial charge in [0.15, 0.2) is 0 Å². The van der Waals surface area contributed by atoms with E-state index in [2.05, 4.69) is 4.72 Å². The van der Waals surface area contributed by atoms with E-state index < -0.39 is 14.9 Å². The number of non-ortho nitro benzene ring substituents is 1. The van der Waals surface area contributed by atoms with Crippen LogP contribution in [0, 0.1) is 10.1 Å². The quantitative estimate of drug-likeness (QED) is 0.445. The van der Waals surface area contributed by atoms with Crippen LogP contribution in [0.1, 0.15) is 4.88 Å². The second-order valence-electron chi connectivity index (χ2n) is 4.28. The van der Waals surface area contributed by atoms with Gasteiger partial charge in [-0.2, -0.15) is 11.8 Å². The molecule has 0 saturated heterocycles. The number of nitrogens with one attached hydrogen (secondary N) is 1. The van der Waals surface area contributed by atoms with Gasteiger partial charge in [0.2, 0.25) is 10.0 Å². The van der Waals surface area contributed by atoms with Gasteiger partial charge in [-0.25, -0.2) is 13.1 Å². The molecule has 22 heavy (non-hydrogen) atoms. The fourth-order valence-electron chi connectivity index (χ4n) is 1.65. The number of nitro benzene ring substituents is 1. The third kappa shape index (κ3) is 4.80. The summed E-state index contributed by atoms with van der Waals surface area (Å²) in [4.78, 5) is 11.3. The summed E-state index contributed by atoms with van der Waals surface area (Å²) in [5, 5.41) is 12.5. The predicted molar refractivity (Wildman–Crippen MR) is 88.8 cm³/mol. The summed E-state index contributed by atoms with van der Waals surface area (Å²) in [5.74, 6) is 1.51. The Labute approximate surface area is 136 Å². The zero-order valence-corrected chi connectivity index (χ0v) is 13.9. The molecule has 0 bridgehead atoms. The van der Waals surface area contributed by atoms with Crippen molar-refractivity contribution in [3.63, 3.8) is 0 Å². The lowest BCUT2D eigenvalue weighted by Crippen LogP contribution is -2.26. The average molecular weight is 358 g/mol. The first kappa shape index (κ1) is 16.9. The van der Waals surface area contributed by atoms with Crippen molar-refractivity contribution in [3.8, 4) is 0 Å². The number of sulfonamides is 1. The van der Waals surface area contributed by atoms with Crippen LogP contribution in [0.2, 0.25) is 0 Å². The highest BCUT2D eigenvalue weighted by Crippen LogP contribution is 2.17. The SMILES string of the molecule is O=[N+]([O-])c1ccc(S(=O)(=O)NCCSCc2cccs2)cc1. The van der Waals surface area contributed by atoms with Gasteiger partial charge in [0.05, 0.1) is 9.82 Å². The third-order valence-corrected chi connectivity index (χ3v) is 6.26. The molecule has 0 saturated carbocycles. The van der Waals surface area contributed by atoms with Gasteiger partial charge in [-0.1, -0.05) is 6.07 Å². The smallest absolute Gasteiger partial charge is 0.258 e. The molecule has 118 valence electrons. The van der Waals surface area contributed by atoms with Gasteiger partial charge < -0.3 is 0 Å². The molecule has 0 spiro atoms. The number of thioether (sulfide) groups is 1. The topological polar surface area (TPSA) is 89.3 Å². The van der Waals surface area contributed by atoms with Gasteiger partial charge in [0.1, 0.15) is 0 Å². The number of thiophene rings is 1. The zero-order valence-electron chi connectivity index (χ0n) is 11.5. The minimum Gasteiger partial charge on any atom is -0.258 e. The van der Waals surface area contributed by atoms with E-state index in [0.717, 1.165) is 5.75 Å². The fraction of sp³-hybridized carbons (Fsp3) is 0.231. The average Bonchev–Trinajstić information content (AvgIpc) is 3.00. The highest BCUT2D eigenvalue weighted by atomic mass is 32.2. The van der Waals surface area contributed by atoms with E-state index >= 15 is 0 Å². The van der Waals surface area contributed by atoms with Crippen LogP contribution in [0.5, 0.6) is 0 Å². The van der Waals surface area contributed by atoms with Gasteiger partial charge in [-0.15, -0.1) is 11.3 Å². The molecule has 0 fully saturated rings. The van der Waals surface area contributed by atoms with Crippen LogP contribution in [-0.2, 0) is 15.8 Å². The molecule has 1 N–H and O–H groups in total. The van der Waals surface area contributed by atoms with Crippen molar-refractivity contribution in [1.82, 2.24) is 4.72 Å². The molecule has 0 amide bonds. The van der Waals surface area contributed by atoms with E-state index in [9.17, 15) is 18.5 Å². The van der Waals surface area contributed by atoms with E-state index in [1.807, 2.05) is 17.5 Å². The van der Waals surface area contributed by atoms with Gasteiger partial charge in [-0.3, -0.25) is 10.1 Å². The number of rotatable bonds is 8. The van der Waals surface area contributed by atoms with Crippen molar-refractivity contribution in [2.45, 2.75) is 10.6 Å². The lowest BCUT2D eigenvalue weighted by atomic mass is 10.3. The molecule has 1 aromatic heterocycles. The monoisotopic (exact) mass is 358 g/mol. The fourth-order valence-corrected chi connectivity index (χ4v) is 4.51. The summed E-state index contributed by atoms with van der Waals surface area (Å²) in [6.45, 7) is 0.315. The maximum atomic E-state index is 12.0. The normalized spacial score (nSPS) is 11.5. The van der Waals surface area contributed by atoms with Crippen LogP contribution in [0.25, 0.3) is 0 Å². The standard InChI is InChI=1S/C13H14N2O4S3/c16-15(17)11-3-5-13(6-4-11)22(18,19)14-7-9-20-10-12-2-1-8-21-12/h1-6,8,14H,7,9-10H2.